The summed E-state index contributed by atoms with van der Waals surface area (Å²) in [6.07, 6.45) is 10.3. The van der Waals surface area contributed by atoms with Gasteiger partial charge in [0.05, 0.1) is 0 Å². The Kier molecular flexibility index (Phi) is 13.1. The molecule has 0 atom stereocenters. The zero-order valence-electron chi connectivity index (χ0n) is 38.0. The quantitative estimate of drug-likeness (QED) is 0.0896. The SMILES string of the molecule is C(=C\c1ccc2ccccc2c1)/c1ccc(/C=C/c2ccc3ccccc3c2)cc1.ClP(Cc1ccc(Cc2ccc3ccccc3c2)cc1)(c1ccccc1)(c1ccccc1)c1ccccc1. The van der Waals surface area contributed by atoms with Gasteiger partial charge >= 0.3 is 231 Å². The van der Waals surface area contributed by atoms with Gasteiger partial charge in [0.1, 0.15) is 0 Å². The molecule has 0 aromatic heterocycles. The molecule has 68 heavy (non-hydrogen) atoms. The van der Waals surface area contributed by atoms with Crippen LogP contribution in [0.4, 0.5) is 0 Å². The van der Waals surface area contributed by atoms with Gasteiger partial charge in [0, 0.05) is 0 Å². The standard InChI is InChI=1S/C36H30ClP.C30H22/c37-38(34-14-4-1-5-15-34,35-16-6-2-7-17-35,36-18-8-3-9-19-36)28-30-22-20-29(21-23-30)26-31-24-25-32-12-10-11-13-33(32)27-31;1-3-7-29-21-25(17-19-27(29)5-1)15-13-23-9-11-24(12-10-23)14-16-26-18-20-28-6-2-4-8-30(28)22-26/h1-25,27H,26,28H2;1-22H/b;15-13+,16-14+. The van der Waals surface area contributed by atoms with Crippen molar-refractivity contribution in [2.24, 2.45) is 0 Å². The summed E-state index contributed by atoms with van der Waals surface area (Å²) in [4.78, 5) is 0. The summed E-state index contributed by atoms with van der Waals surface area (Å²) in [6.45, 7) is 0. The van der Waals surface area contributed by atoms with Crippen LogP contribution in [0, 0.1) is 0 Å². The van der Waals surface area contributed by atoms with Crippen molar-refractivity contribution in [3.63, 3.8) is 0 Å². The summed E-state index contributed by atoms with van der Waals surface area (Å²) in [5.41, 5.74) is 8.71. The molecule has 0 fully saturated rings. The average molecular weight is 912 g/mol. The fourth-order valence-corrected chi connectivity index (χ4v) is 15.5. The summed E-state index contributed by atoms with van der Waals surface area (Å²) in [7, 11) is 0. The van der Waals surface area contributed by atoms with Crippen molar-refractivity contribution in [2.45, 2.75) is 12.6 Å². The molecule has 0 amide bonds. The molecule has 0 heterocycles. The molecule has 0 aliphatic heterocycles. The monoisotopic (exact) mass is 910 g/mol. The van der Waals surface area contributed by atoms with Gasteiger partial charge in [-0.15, -0.1) is 0 Å². The van der Waals surface area contributed by atoms with Gasteiger partial charge in [-0.3, -0.25) is 0 Å². The third-order valence-corrected chi connectivity index (χ3v) is 20.2. The van der Waals surface area contributed by atoms with Gasteiger partial charge < -0.3 is 0 Å². The maximum absolute atomic E-state index is 8.26. The second-order valence-electron chi connectivity index (χ2n) is 17.6. The number of benzene rings is 11. The summed E-state index contributed by atoms with van der Waals surface area (Å²) in [5, 5.41) is 11.2. The first-order valence-corrected chi connectivity index (χ1v) is 26.7. The van der Waals surface area contributed by atoms with Gasteiger partial charge in [-0.1, -0.05) is 121 Å². The second kappa shape index (κ2) is 20.1. The molecular formula is C66H52ClP. The third-order valence-electron chi connectivity index (χ3n) is 13.0. The van der Waals surface area contributed by atoms with E-state index in [2.05, 4.69) is 291 Å². The molecule has 11 rings (SSSR count). The molecule has 0 aliphatic rings. The first-order chi connectivity index (χ1) is 33.5. The molecular weight excluding hydrogens is 859 g/mol. The molecule has 0 aliphatic carbocycles. The maximum atomic E-state index is 8.26. The Morgan fingerprint density at radius 1 is 0.265 bits per heavy atom. The van der Waals surface area contributed by atoms with E-state index in [9.17, 15) is 0 Å². The van der Waals surface area contributed by atoms with E-state index in [-0.39, 0.29) is 0 Å². The van der Waals surface area contributed by atoms with Crippen LogP contribution < -0.4 is 15.9 Å². The molecule has 0 saturated heterocycles. The minimum atomic E-state index is -3.33. The molecule has 11 aromatic carbocycles. The first kappa shape index (κ1) is 44.2. The van der Waals surface area contributed by atoms with E-state index in [1.165, 1.54) is 87.2 Å². The Morgan fingerprint density at radius 2 is 0.574 bits per heavy atom. The first-order valence-electron chi connectivity index (χ1n) is 23.4. The van der Waals surface area contributed by atoms with Crippen LogP contribution in [0.25, 0.3) is 56.6 Å². The summed E-state index contributed by atoms with van der Waals surface area (Å²) in [5.74, 6) is -3.33. The topological polar surface area (TPSA) is 0 Å². The van der Waals surface area contributed by atoms with Crippen LogP contribution in [-0.2, 0) is 12.6 Å². The van der Waals surface area contributed by atoms with Crippen molar-refractivity contribution in [3.05, 3.63) is 306 Å². The minimum absolute atomic E-state index is 0.751. The van der Waals surface area contributed by atoms with Gasteiger partial charge in [-0.05, 0) is 55.9 Å². The molecule has 0 spiro atoms. The van der Waals surface area contributed by atoms with Gasteiger partial charge in [0.15, 0.2) is 0 Å². The molecule has 0 nitrogen and oxygen atoms in total. The van der Waals surface area contributed by atoms with E-state index in [0.717, 1.165) is 12.6 Å². The van der Waals surface area contributed by atoms with Crippen molar-refractivity contribution in [1.29, 1.82) is 0 Å². The van der Waals surface area contributed by atoms with E-state index >= 15 is 0 Å². The Labute approximate surface area is 405 Å². The summed E-state index contributed by atoms with van der Waals surface area (Å²) >= 11 is 8.26. The number of hydrogen-bond donors (Lipinski definition) is 0. The van der Waals surface area contributed by atoms with Gasteiger partial charge in [0.25, 0.3) is 0 Å². The van der Waals surface area contributed by atoms with E-state index in [4.69, 9.17) is 11.2 Å². The molecule has 0 saturated carbocycles. The molecule has 0 N–H and O–H groups in total. The van der Waals surface area contributed by atoms with Crippen LogP contribution in [0.3, 0.4) is 0 Å². The Morgan fingerprint density at radius 3 is 1.00 bits per heavy atom. The van der Waals surface area contributed by atoms with Gasteiger partial charge in [-0.25, -0.2) is 0 Å². The fourth-order valence-electron chi connectivity index (χ4n) is 9.35. The number of halogens is 1. The summed E-state index contributed by atoms with van der Waals surface area (Å²) in [6, 6.07) is 95.2. The molecule has 2 heteroatoms. The van der Waals surface area contributed by atoms with Gasteiger partial charge in [0.2, 0.25) is 0 Å². The van der Waals surface area contributed by atoms with Crippen LogP contribution in [0.1, 0.15) is 38.9 Å². The van der Waals surface area contributed by atoms with Crippen LogP contribution in [0.2, 0.25) is 0 Å². The van der Waals surface area contributed by atoms with Crippen LogP contribution in [0.5, 0.6) is 0 Å². The van der Waals surface area contributed by atoms with Crippen LogP contribution in [0.15, 0.2) is 267 Å². The van der Waals surface area contributed by atoms with Crippen molar-refractivity contribution in [2.75, 3.05) is 0 Å². The second-order valence-corrected chi connectivity index (χ2v) is 24.0. The van der Waals surface area contributed by atoms with Crippen LogP contribution in [-0.4, -0.2) is 0 Å². The van der Waals surface area contributed by atoms with E-state index in [1.807, 2.05) is 0 Å². The Bertz CT molecular complexity index is 3300. The number of fused-ring (bicyclic) bond motifs is 3. The third kappa shape index (κ3) is 9.76. The Balaban J connectivity index is 0.000000163. The predicted octanol–water partition coefficient (Wildman–Crippen LogP) is 16.9. The predicted molar refractivity (Wildman–Crippen MR) is 300 cm³/mol. The van der Waals surface area contributed by atoms with E-state index < -0.39 is 5.96 Å². The average Bonchev–Trinajstić information content (AvgIpc) is 3.41. The zero-order chi connectivity index (χ0) is 46.0. The molecule has 328 valence electrons. The fraction of sp³-hybridized carbons (Fsp3) is 0.0303. The van der Waals surface area contributed by atoms with Crippen molar-refractivity contribution >= 4 is 89.7 Å². The number of hydrogen-bond acceptors (Lipinski definition) is 0. The van der Waals surface area contributed by atoms with Crippen molar-refractivity contribution in [3.8, 4) is 0 Å². The van der Waals surface area contributed by atoms with Crippen molar-refractivity contribution in [1.82, 2.24) is 0 Å². The molecule has 11 aromatic rings. The normalized spacial score (nSPS) is 12.2. The summed E-state index contributed by atoms with van der Waals surface area (Å²) < 4.78 is 0. The molecule has 0 unspecified atom stereocenters. The zero-order valence-corrected chi connectivity index (χ0v) is 39.6. The Hall–Kier alpha value is -7.60. The molecule has 0 radical (unpaired) electrons. The van der Waals surface area contributed by atoms with Crippen molar-refractivity contribution < 1.29 is 0 Å². The molecule has 0 bridgehead atoms. The van der Waals surface area contributed by atoms with E-state index in [1.54, 1.807) is 0 Å². The number of rotatable bonds is 11. The van der Waals surface area contributed by atoms with Gasteiger partial charge in [-0.2, -0.15) is 0 Å². The van der Waals surface area contributed by atoms with E-state index in [0.29, 0.717) is 0 Å². The van der Waals surface area contributed by atoms with Crippen LogP contribution >= 0.6 is 17.2 Å².